The number of nitrogens with zero attached hydrogens (tertiary/aromatic N) is 2. The number of hydrogen-bond donors (Lipinski definition) is 1. The summed E-state index contributed by atoms with van der Waals surface area (Å²) in [5.74, 6) is -1.30. The molecule has 0 bridgehead atoms. The van der Waals surface area contributed by atoms with E-state index in [1.165, 1.54) is 30.2 Å². The fourth-order valence-corrected chi connectivity index (χ4v) is 5.25. The van der Waals surface area contributed by atoms with E-state index in [0.717, 1.165) is 17.8 Å². The van der Waals surface area contributed by atoms with Crippen LogP contribution < -0.4 is 14.4 Å². The van der Waals surface area contributed by atoms with Gasteiger partial charge >= 0.3 is 5.91 Å². The molecule has 1 atom stereocenters. The predicted octanol–water partition coefficient (Wildman–Crippen LogP) is 5.86. The highest BCUT2D eigenvalue weighted by Crippen LogP contribution is 2.44. The van der Waals surface area contributed by atoms with E-state index in [4.69, 9.17) is 9.47 Å². The highest BCUT2D eigenvalue weighted by molar-refractivity contribution is 7.22. The van der Waals surface area contributed by atoms with Crippen LogP contribution in [0.4, 0.5) is 9.52 Å². The van der Waals surface area contributed by atoms with Crippen molar-refractivity contribution in [2.75, 3.05) is 18.6 Å². The number of benzene rings is 3. The number of amides is 1. The molecule has 1 N–H and O–H groups in total. The summed E-state index contributed by atoms with van der Waals surface area (Å²) in [6, 6.07) is 16.8. The molecule has 7 nitrogen and oxygen atoms in total. The molecule has 1 aromatic heterocycles. The number of hydrogen-bond acceptors (Lipinski definition) is 7. The number of ketones is 1. The molecule has 3 aromatic carbocycles. The number of carbonyl (C=O) groups excluding carboxylic acids is 2. The third-order valence-corrected chi connectivity index (χ3v) is 7.02. The molecule has 1 unspecified atom stereocenters. The average Bonchev–Trinajstić information content (AvgIpc) is 3.44. The van der Waals surface area contributed by atoms with Gasteiger partial charge in [0.2, 0.25) is 0 Å². The van der Waals surface area contributed by atoms with Gasteiger partial charge in [-0.2, -0.15) is 0 Å². The Bertz CT molecular complexity index is 1530. The van der Waals surface area contributed by atoms with E-state index in [1.807, 2.05) is 6.92 Å². The molecule has 0 aliphatic carbocycles. The Morgan fingerprint density at radius 1 is 1.08 bits per heavy atom. The predicted molar refractivity (Wildman–Crippen MR) is 140 cm³/mol. The van der Waals surface area contributed by atoms with Gasteiger partial charge in [-0.1, -0.05) is 42.5 Å². The van der Waals surface area contributed by atoms with Gasteiger partial charge in [0.05, 0.1) is 35.5 Å². The summed E-state index contributed by atoms with van der Waals surface area (Å²) in [5.41, 5.74) is 1.34. The summed E-state index contributed by atoms with van der Waals surface area (Å²) in [7, 11) is 1.54. The average molecular weight is 519 g/mol. The second kappa shape index (κ2) is 10.0. The van der Waals surface area contributed by atoms with Crippen molar-refractivity contribution in [1.82, 2.24) is 4.98 Å². The highest BCUT2D eigenvalue weighted by Gasteiger charge is 2.48. The first kappa shape index (κ1) is 24.5. The zero-order valence-corrected chi connectivity index (χ0v) is 20.9. The summed E-state index contributed by atoms with van der Waals surface area (Å²) in [5, 5.41) is 11.6. The molecule has 1 fully saturated rings. The number of fused-ring (bicyclic) bond motifs is 1. The lowest BCUT2D eigenvalue weighted by molar-refractivity contribution is -0.132. The SMILES string of the molecule is CCCOc1cccc(/C(O)=C2\C(=O)C(=O)N(c3nc4ccc(F)cc4s3)C2c2ccc(OC)cc2)c1. The Kier molecular flexibility index (Phi) is 6.62. The smallest absolute Gasteiger partial charge is 0.301 e. The topological polar surface area (TPSA) is 89.0 Å². The zero-order valence-electron chi connectivity index (χ0n) is 20.1. The van der Waals surface area contributed by atoms with Gasteiger partial charge in [-0.05, 0) is 54.4 Å². The van der Waals surface area contributed by atoms with E-state index in [2.05, 4.69) is 4.98 Å². The largest absolute Gasteiger partial charge is 0.507 e. The Balaban J connectivity index is 1.68. The van der Waals surface area contributed by atoms with Crippen LogP contribution in [0.15, 0.2) is 72.3 Å². The van der Waals surface area contributed by atoms with Crippen molar-refractivity contribution in [2.45, 2.75) is 19.4 Å². The molecule has 1 amide bonds. The van der Waals surface area contributed by atoms with Crippen molar-refractivity contribution in [3.05, 3.63) is 89.2 Å². The van der Waals surface area contributed by atoms with Gasteiger partial charge in [0.1, 0.15) is 23.1 Å². The normalized spacial score (nSPS) is 16.9. The van der Waals surface area contributed by atoms with Gasteiger partial charge in [0, 0.05) is 5.56 Å². The number of carbonyl (C=O) groups is 2. The van der Waals surface area contributed by atoms with Crippen molar-refractivity contribution in [3.63, 3.8) is 0 Å². The molecular formula is C28H23FN2O5S. The minimum Gasteiger partial charge on any atom is -0.507 e. The molecule has 5 rings (SSSR count). The summed E-state index contributed by atoms with van der Waals surface area (Å²) in [4.78, 5) is 32.5. The quantitative estimate of drug-likeness (QED) is 0.187. The fourth-order valence-electron chi connectivity index (χ4n) is 4.23. The van der Waals surface area contributed by atoms with Gasteiger partial charge in [0.15, 0.2) is 5.13 Å². The molecule has 37 heavy (non-hydrogen) atoms. The standard InChI is InChI=1S/C28H23FN2O5S/c1-3-13-36-20-6-4-5-17(14-20)25(32)23-24(16-7-10-19(35-2)11-8-16)31(27(34)26(23)33)28-30-21-12-9-18(29)15-22(21)37-28/h4-12,14-15,24,32H,3,13H2,1-2H3/b25-23+. The summed E-state index contributed by atoms with van der Waals surface area (Å²) < 4.78 is 25.3. The Labute approximate surface area is 216 Å². The second-order valence-electron chi connectivity index (χ2n) is 8.43. The number of ether oxygens (including phenoxy) is 2. The first-order valence-electron chi connectivity index (χ1n) is 11.7. The third kappa shape index (κ3) is 4.53. The molecular weight excluding hydrogens is 495 g/mol. The van der Waals surface area contributed by atoms with Crippen LogP contribution in [0.2, 0.25) is 0 Å². The van der Waals surface area contributed by atoms with Crippen LogP contribution >= 0.6 is 11.3 Å². The molecule has 0 spiro atoms. The van der Waals surface area contributed by atoms with Gasteiger partial charge in [-0.15, -0.1) is 0 Å². The fraction of sp³-hybridized carbons (Fsp3) is 0.179. The maximum absolute atomic E-state index is 13.8. The first-order valence-corrected chi connectivity index (χ1v) is 12.5. The highest BCUT2D eigenvalue weighted by atomic mass is 32.1. The lowest BCUT2D eigenvalue weighted by Crippen LogP contribution is -2.29. The van der Waals surface area contributed by atoms with Crippen molar-refractivity contribution in [3.8, 4) is 11.5 Å². The lowest BCUT2D eigenvalue weighted by Gasteiger charge is -2.23. The molecule has 4 aromatic rings. The van der Waals surface area contributed by atoms with Gasteiger partial charge < -0.3 is 14.6 Å². The number of thiazole rings is 1. The lowest BCUT2D eigenvalue weighted by atomic mass is 9.95. The number of halogens is 1. The van der Waals surface area contributed by atoms with E-state index in [-0.39, 0.29) is 16.5 Å². The molecule has 1 saturated heterocycles. The summed E-state index contributed by atoms with van der Waals surface area (Å²) >= 11 is 1.09. The van der Waals surface area contributed by atoms with E-state index < -0.39 is 23.5 Å². The Morgan fingerprint density at radius 3 is 2.59 bits per heavy atom. The number of Topliss-reactive ketones (excluding diaryl/α,β-unsaturated/α-hetero) is 1. The van der Waals surface area contributed by atoms with Crippen LogP contribution in [-0.4, -0.2) is 35.5 Å². The van der Waals surface area contributed by atoms with Crippen LogP contribution in [0.25, 0.3) is 16.0 Å². The third-order valence-electron chi connectivity index (χ3n) is 6.00. The zero-order chi connectivity index (χ0) is 26.1. The maximum atomic E-state index is 13.8. The van der Waals surface area contributed by atoms with Crippen LogP contribution in [-0.2, 0) is 9.59 Å². The number of aliphatic hydroxyl groups is 1. The number of aliphatic hydroxyl groups excluding tert-OH is 1. The van der Waals surface area contributed by atoms with Gasteiger partial charge in [-0.3, -0.25) is 14.5 Å². The van der Waals surface area contributed by atoms with Crippen LogP contribution in [0.5, 0.6) is 11.5 Å². The number of methoxy groups -OCH3 is 1. The molecule has 0 radical (unpaired) electrons. The number of rotatable bonds is 7. The second-order valence-corrected chi connectivity index (χ2v) is 9.44. The first-order chi connectivity index (χ1) is 17.9. The minimum atomic E-state index is -0.962. The van der Waals surface area contributed by atoms with Gasteiger partial charge in [0.25, 0.3) is 5.78 Å². The Hall–Kier alpha value is -4.24. The van der Waals surface area contributed by atoms with Crippen LogP contribution in [0.1, 0.15) is 30.5 Å². The van der Waals surface area contributed by atoms with E-state index in [1.54, 1.807) is 48.5 Å². The molecule has 1 aliphatic heterocycles. The maximum Gasteiger partial charge on any atom is 0.301 e. The van der Waals surface area contributed by atoms with Crippen LogP contribution in [0, 0.1) is 5.82 Å². The number of anilines is 1. The molecule has 9 heteroatoms. The van der Waals surface area contributed by atoms with E-state index in [0.29, 0.717) is 39.4 Å². The number of aromatic nitrogens is 1. The summed E-state index contributed by atoms with van der Waals surface area (Å²) in [6.45, 7) is 2.48. The van der Waals surface area contributed by atoms with E-state index >= 15 is 0 Å². The van der Waals surface area contributed by atoms with E-state index in [9.17, 15) is 19.1 Å². The minimum absolute atomic E-state index is 0.0757. The molecule has 0 saturated carbocycles. The monoisotopic (exact) mass is 518 g/mol. The molecule has 1 aliphatic rings. The molecule has 188 valence electrons. The van der Waals surface area contributed by atoms with Crippen molar-refractivity contribution in [1.29, 1.82) is 0 Å². The van der Waals surface area contributed by atoms with Crippen molar-refractivity contribution in [2.24, 2.45) is 0 Å². The van der Waals surface area contributed by atoms with Crippen molar-refractivity contribution < 1.29 is 28.6 Å². The Morgan fingerprint density at radius 2 is 1.86 bits per heavy atom. The van der Waals surface area contributed by atoms with Crippen LogP contribution in [0.3, 0.4) is 0 Å². The molecule has 2 heterocycles. The van der Waals surface area contributed by atoms with Crippen molar-refractivity contribution >= 4 is 44.1 Å². The van der Waals surface area contributed by atoms with Gasteiger partial charge in [-0.25, -0.2) is 9.37 Å². The summed E-state index contributed by atoms with van der Waals surface area (Å²) in [6.07, 6.45) is 0.810.